The maximum Gasteiger partial charge on any atom is 0.159 e. The summed E-state index contributed by atoms with van der Waals surface area (Å²) in [7, 11) is 0. The number of aromatic nitrogens is 6. The van der Waals surface area contributed by atoms with Gasteiger partial charge in [0.05, 0.1) is 15.9 Å². The molecule has 29 heavy (non-hydrogen) atoms. The molecule has 0 aliphatic carbocycles. The Kier molecular flexibility index (Phi) is 4.33. The molecule has 0 radical (unpaired) electrons. The number of nitrogens with zero attached hydrogens (tertiary/aromatic N) is 6. The van der Waals surface area contributed by atoms with Crippen molar-refractivity contribution in [3.05, 3.63) is 65.9 Å². The highest BCUT2D eigenvalue weighted by atomic mass is 32.1. The van der Waals surface area contributed by atoms with Crippen LogP contribution in [0.15, 0.2) is 49.1 Å². The van der Waals surface area contributed by atoms with E-state index in [0.29, 0.717) is 12.4 Å². The van der Waals surface area contributed by atoms with Gasteiger partial charge in [0.1, 0.15) is 17.0 Å². The van der Waals surface area contributed by atoms with Crippen molar-refractivity contribution in [1.82, 2.24) is 30.1 Å². The van der Waals surface area contributed by atoms with Crippen molar-refractivity contribution in [2.75, 3.05) is 5.32 Å². The van der Waals surface area contributed by atoms with E-state index in [4.69, 9.17) is 0 Å². The molecule has 0 spiro atoms. The highest BCUT2D eigenvalue weighted by Crippen LogP contribution is 2.36. The fraction of sp³-hybridized carbons (Fsp3) is 0.143. The van der Waals surface area contributed by atoms with Gasteiger partial charge in [-0.3, -0.25) is 0 Å². The Morgan fingerprint density at radius 3 is 2.69 bits per heavy atom. The number of rotatable bonds is 4. The number of thiophene rings is 1. The lowest BCUT2D eigenvalue weighted by Crippen LogP contribution is -2.02. The maximum atomic E-state index is 4.52. The standard InChI is InChI=1S/C21H17N7S/c1-12-13(2)27-28-21-16(12)17-18(29-21)20(26-11-25-17)24-10-14-5-3-6-15(9-14)19-22-7-4-8-23-19/h3-9,11H,10H2,1-2H3,(H,24,25,26). The minimum atomic E-state index is 0.630. The molecule has 7 nitrogen and oxygen atoms in total. The van der Waals surface area contributed by atoms with E-state index < -0.39 is 0 Å². The Morgan fingerprint density at radius 1 is 0.966 bits per heavy atom. The summed E-state index contributed by atoms with van der Waals surface area (Å²) in [6.07, 6.45) is 5.10. The molecule has 5 aromatic rings. The van der Waals surface area contributed by atoms with Gasteiger partial charge in [-0.2, -0.15) is 5.10 Å². The number of nitrogens with one attached hydrogen (secondary N) is 1. The highest BCUT2D eigenvalue weighted by Gasteiger charge is 2.15. The monoisotopic (exact) mass is 399 g/mol. The van der Waals surface area contributed by atoms with Crippen LogP contribution in [-0.2, 0) is 6.54 Å². The summed E-state index contributed by atoms with van der Waals surface area (Å²) in [6, 6.07) is 10.00. The number of anilines is 1. The third kappa shape index (κ3) is 3.17. The van der Waals surface area contributed by atoms with Crippen LogP contribution in [0.4, 0.5) is 5.82 Å². The third-order valence-electron chi connectivity index (χ3n) is 4.87. The lowest BCUT2D eigenvalue weighted by molar-refractivity contribution is 1.01. The van der Waals surface area contributed by atoms with Crippen LogP contribution in [0.1, 0.15) is 16.8 Å². The van der Waals surface area contributed by atoms with E-state index in [1.807, 2.05) is 25.1 Å². The van der Waals surface area contributed by atoms with E-state index in [0.717, 1.165) is 48.6 Å². The number of fused-ring (bicyclic) bond motifs is 3. The van der Waals surface area contributed by atoms with Crippen LogP contribution in [0.25, 0.3) is 31.8 Å². The van der Waals surface area contributed by atoms with E-state index >= 15 is 0 Å². The molecule has 8 heteroatoms. The van der Waals surface area contributed by atoms with Crippen molar-refractivity contribution in [2.45, 2.75) is 20.4 Å². The third-order valence-corrected chi connectivity index (χ3v) is 5.94. The van der Waals surface area contributed by atoms with Gasteiger partial charge in [0, 0.05) is 29.9 Å². The molecular weight excluding hydrogens is 382 g/mol. The van der Waals surface area contributed by atoms with Gasteiger partial charge >= 0.3 is 0 Å². The lowest BCUT2D eigenvalue weighted by Gasteiger charge is -2.08. The fourth-order valence-corrected chi connectivity index (χ4v) is 4.36. The quantitative estimate of drug-likeness (QED) is 0.481. The number of hydrogen-bond acceptors (Lipinski definition) is 8. The molecular formula is C21H17N7S. The first-order valence-electron chi connectivity index (χ1n) is 9.18. The zero-order chi connectivity index (χ0) is 19.8. The Morgan fingerprint density at radius 2 is 1.83 bits per heavy atom. The first-order chi connectivity index (χ1) is 14.2. The molecule has 0 fully saturated rings. The predicted octanol–water partition coefficient (Wildman–Crippen LogP) is 4.32. The SMILES string of the molecule is Cc1nnc2sc3c(NCc4cccc(-c5ncccn5)c4)ncnc3c2c1C. The van der Waals surface area contributed by atoms with Crippen molar-refractivity contribution in [2.24, 2.45) is 0 Å². The van der Waals surface area contributed by atoms with E-state index in [9.17, 15) is 0 Å². The topological polar surface area (TPSA) is 89.4 Å². The van der Waals surface area contributed by atoms with Crippen molar-refractivity contribution in [3.8, 4) is 11.4 Å². The molecule has 1 aromatic carbocycles. The largest absolute Gasteiger partial charge is 0.365 e. The Hall–Kier alpha value is -3.52. The first kappa shape index (κ1) is 17.6. The number of benzene rings is 1. The zero-order valence-corrected chi connectivity index (χ0v) is 16.7. The summed E-state index contributed by atoms with van der Waals surface area (Å²) in [5, 5.41) is 13.1. The zero-order valence-electron chi connectivity index (χ0n) is 15.9. The summed E-state index contributed by atoms with van der Waals surface area (Å²) < 4.78 is 0.994. The van der Waals surface area contributed by atoms with Crippen LogP contribution in [0.2, 0.25) is 0 Å². The summed E-state index contributed by atoms with van der Waals surface area (Å²) in [4.78, 5) is 18.5. The minimum Gasteiger partial charge on any atom is -0.365 e. The summed E-state index contributed by atoms with van der Waals surface area (Å²) >= 11 is 1.57. The maximum absolute atomic E-state index is 4.52. The molecule has 0 unspecified atom stereocenters. The highest BCUT2D eigenvalue weighted by molar-refractivity contribution is 7.25. The molecule has 0 aliphatic rings. The second-order valence-electron chi connectivity index (χ2n) is 6.72. The number of hydrogen-bond donors (Lipinski definition) is 1. The lowest BCUT2D eigenvalue weighted by atomic mass is 10.1. The Bertz CT molecular complexity index is 1330. The van der Waals surface area contributed by atoms with Crippen LogP contribution >= 0.6 is 11.3 Å². The van der Waals surface area contributed by atoms with E-state index in [1.54, 1.807) is 30.1 Å². The molecule has 0 amide bonds. The second kappa shape index (κ2) is 7.14. The predicted molar refractivity (Wildman–Crippen MR) is 115 cm³/mol. The molecule has 4 aromatic heterocycles. The van der Waals surface area contributed by atoms with Gasteiger partial charge in [-0.05, 0) is 37.1 Å². The molecule has 4 heterocycles. The van der Waals surface area contributed by atoms with E-state index in [-0.39, 0.29) is 0 Å². The average Bonchev–Trinajstić information content (AvgIpc) is 3.15. The molecule has 0 bridgehead atoms. The first-order valence-corrected chi connectivity index (χ1v) is 9.99. The van der Waals surface area contributed by atoms with Crippen LogP contribution in [0, 0.1) is 13.8 Å². The van der Waals surface area contributed by atoms with Gasteiger partial charge in [0.2, 0.25) is 0 Å². The minimum absolute atomic E-state index is 0.630. The van der Waals surface area contributed by atoms with Gasteiger partial charge in [0.25, 0.3) is 0 Å². The molecule has 0 atom stereocenters. The van der Waals surface area contributed by atoms with Gasteiger partial charge in [-0.25, -0.2) is 19.9 Å². The van der Waals surface area contributed by atoms with Crippen LogP contribution in [0.5, 0.6) is 0 Å². The van der Waals surface area contributed by atoms with Crippen molar-refractivity contribution in [1.29, 1.82) is 0 Å². The van der Waals surface area contributed by atoms with E-state index in [1.165, 1.54) is 0 Å². The fourth-order valence-electron chi connectivity index (χ4n) is 3.26. The Labute approximate surface area is 170 Å². The summed E-state index contributed by atoms with van der Waals surface area (Å²) in [5.41, 5.74) is 5.06. The van der Waals surface area contributed by atoms with Gasteiger partial charge in [-0.15, -0.1) is 16.4 Å². The Balaban J connectivity index is 1.48. The van der Waals surface area contributed by atoms with Crippen molar-refractivity contribution < 1.29 is 0 Å². The summed E-state index contributed by atoms with van der Waals surface area (Å²) in [5.74, 6) is 1.52. The molecule has 1 N–H and O–H groups in total. The van der Waals surface area contributed by atoms with E-state index in [2.05, 4.69) is 54.5 Å². The number of aryl methyl sites for hydroxylation is 2. The van der Waals surface area contributed by atoms with Gasteiger partial charge < -0.3 is 5.32 Å². The van der Waals surface area contributed by atoms with Crippen molar-refractivity contribution in [3.63, 3.8) is 0 Å². The van der Waals surface area contributed by atoms with Gasteiger partial charge in [-0.1, -0.05) is 18.2 Å². The van der Waals surface area contributed by atoms with Crippen LogP contribution in [-0.4, -0.2) is 30.1 Å². The smallest absolute Gasteiger partial charge is 0.159 e. The normalized spacial score (nSPS) is 11.2. The molecule has 0 saturated heterocycles. The van der Waals surface area contributed by atoms with Crippen LogP contribution in [0.3, 0.4) is 0 Å². The molecule has 5 rings (SSSR count). The van der Waals surface area contributed by atoms with Crippen molar-refractivity contribution >= 4 is 37.6 Å². The van der Waals surface area contributed by atoms with Crippen LogP contribution < -0.4 is 5.32 Å². The molecule has 142 valence electrons. The summed E-state index contributed by atoms with van der Waals surface area (Å²) in [6.45, 7) is 4.66. The molecule has 0 aliphatic heterocycles. The average molecular weight is 399 g/mol. The van der Waals surface area contributed by atoms with Gasteiger partial charge in [0.15, 0.2) is 5.82 Å². The second-order valence-corrected chi connectivity index (χ2v) is 7.72. The molecule has 0 saturated carbocycles.